The number of rotatable bonds is 16. The molecule has 0 spiro atoms. The second-order valence-electron chi connectivity index (χ2n) is 9.69. The molecular formula is C32H48N2Ni. The molecule has 3 heteroatoms. The molecule has 0 aromatic heterocycles. The predicted molar refractivity (Wildman–Crippen MR) is 153 cm³/mol. The van der Waals surface area contributed by atoms with Gasteiger partial charge >= 0.3 is 0 Å². The maximum atomic E-state index is 5.14. The van der Waals surface area contributed by atoms with Crippen LogP contribution in [0.3, 0.4) is 0 Å². The molecule has 0 saturated heterocycles. The summed E-state index contributed by atoms with van der Waals surface area (Å²) in [6.07, 6.45) is 17.1. The normalized spacial score (nSPS) is 11.7. The first kappa shape index (κ1) is 31.3. The van der Waals surface area contributed by atoms with Crippen molar-refractivity contribution in [2.45, 2.75) is 118 Å². The Labute approximate surface area is 226 Å². The Hall–Kier alpha value is -1.73. The number of unbranched alkanes of at least 4 members (excludes halogenated alkanes) is 3. The van der Waals surface area contributed by atoms with Gasteiger partial charge < -0.3 is 0 Å². The molecule has 0 aliphatic carbocycles. The molecule has 2 rings (SSSR count). The minimum absolute atomic E-state index is 0. The number of aliphatic imine (C=N–C) groups is 2. The summed E-state index contributed by atoms with van der Waals surface area (Å²) < 4.78 is 0. The van der Waals surface area contributed by atoms with Gasteiger partial charge in [-0.2, -0.15) is 0 Å². The molecule has 196 valence electrons. The number of hydrogen-bond donors (Lipinski definition) is 0. The zero-order valence-corrected chi connectivity index (χ0v) is 23.9. The molecular weight excluding hydrogens is 471 g/mol. The standard InChI is InChI=1S/C32H48N2.Ni/c1-6-11-12-13-18-30(34-32-23-28(16-9-4)20-29(24-32)17-10-5)25-33-31-21-26(14-7-2)19-27(22-31)15-8-3;/h19-25H,6-18H2,1-5H3;/b33-25+,34-30+;. The summed E-state index contributed by atoms with van der Waals surface area (Å²) in [6.45, 7) is 11.3. The van der Waals surface area contributed by atoms with Gasteiger partial charge in [-0.05, 0) is 85.0 Å². The Kier molecular flexibility index (Phi) is 16.6. The van der Waals surface area contributed by atoms with Crippen molar-refractivity contribution >= 4 is 23.3 Å². The van der Waals surface area contributed by atoms with Gasteiger partial charge in [-0.25, -0.2) is 0 Å². The summed E-state index contributed by atoms with van der Waals surface area (Å²) in [6, 6.07) is 13.8. The monoisotopic (exact) mass is 518 g/mol. The van der Waals surface area contributed by atoms with Crippen LogP contribution in [0.1, 0.15) is 115 Å². The Bertz CT molecular complexity index is 865. The summed E-state index contributed by atoms with van der Waals surface area (Å²) in [4.78, 5) is 10.1. The molecule has 0 atom stereocenters. The number of benzene rings is 2. The average Bonchev–Trinajstić information content (AvgIpc) is 2.81. The molecule has 0 aliphatic rings. The van der Waals surface area contributed by atoms with Gasteiger partial charge in [0.25, 0.3) is 0 Å². The van der Waals surface area contributed by atoms with E-state index in [-0.39, 0.29) is 16.5 Å². The first-order chi connectivity index (χ1) is 16.6. The molecule has 0 aliphatic heterocycles. The average molecular weight is 519 g/mol. The summed E-state index contributed by atoms with van der Waals surface area (Å²) >= 11 is 0. The largest absolute Gasteiger partial charge is 0.255 e. The van der Waals surface area contributed by atoms with E-state index in [0.29, 0.717) is 0 Å². The smallest absolute Gasteiger partial charge is 0.0639 e. The molecule has 0 amide bonds. The molecule has 0 heterocycles. The summed E-state index contributed by atoms with van der Waals surface area (Å²) in [5.41, 5.74) is 8.89. The van der Waals surface area contributed by atoms with Crippen LogP contribution in [0, 0.1) is 0 Å². The van der Waals surface area contributed by atoms with E-state index >= 15 is 0 Å². The first-order valence-corrected chi connectivity index (χ1v) is 14.0. The maximum Gasteiger partial charge on any atom is 0.0639 e. The third-order valence-electron chi connectivity index (χ3n) is 6.15. The van der Waals surface area contributed by atoms with Gasteiger partial charge in [-0.15, -0.1) is 0 Å². The zero-order valence-electron chi connectivity index (χ0n) is 22.9. The fourth-order valence-electron chi connectivity index (χ4n) is 4.55. The van der Waals surface area contributed by atoms with E-state index < -0.39 is 0 Å². The molecule has 2 aromatic rings. The number of hydrogen-bond acceptors (Lipinski definition) is 2. The van der Waals surface area contributed by atoms with Gasteiger partial charge in [0.05, 0.1) is 17.1 Å². The van der Waals surface area contributed by atoms with Gasteiger partial charge in [0.15, 0.2) is 0 Å². The van der Waals surface area contributed by atoms with Crippen molar-refractivity contribution in [1.29, 1.82) is 0 Å². The van der Waals surface area contributed by atoms with Gasteiger partial charge in [-0.1, -0.05) is 91.7 Å². The summed E-state index contributed by atoms with van der Waals surface area (Å²) in [5, 5.41) is 0. The minimum atomic E-state index is 0. The van der Waals surface area contributed by atoms with Crippen LogP contribution in [0.15, 0.2) is 46.4 Å². The predicted octanol–water partition coefficient (Wildman–Crippen LogP) is 9.94. The zero-order chi connectivity index (χ0) is 24.6. The topological polar surface area (TPSA) is 24.7 Å². The maximum absolute atomic E-state index is 5.14. The minimum Gasteiger partial charge on any atom is -0.255 e. The third-order valence-corrected chi connectivity index (χ3v) is 6.15. The Morgan fingerprint density at radius 3 is 1.46 bits per heavy atom. The van der Waals surface area contributed by atoms with Crippen LogP contribution in [-0.2, 0) is 42.2 Å². The van der Waals surface area contributed by atoms with E-state index in [1.807, 2.05) is 6.21 Å². The number of aryl methyl sites for hydroxylation is 4. The van der Waals surface area contributed by atoms with Crippen LogP contribution in [0.5, 0.6) is 0 Å². The van der Waals surface area contributed by atoms with E-state index in [1.165, 1.54) is 47.9 Å². The molecule has 0 bridgehead atoms. The van der Waals surface area contributed by atoms with Crippen molar-refractivity contribution in [1.82, 2.24) is 0 Å². The molecule has 2 aromatic carbocycles. The second kappa shape index (κ2) is 18.5. The second-order valence-corrected chi connectivity index (χ2v) is 9.69. The molecule has 0 saturated carbocycles. The number of nitrogens with zero attached hydrogens (tertiary/aromatic N) is 2. The fourth-order valence-corrected chi connectivity index (χ4v) is 4.55. The van der Waals surface area contributed by atoms with E-state index in [9.17, 15) is 0 Å². The van der Waals surface area contributed by atoms with Crippen LogP contribution in [0.25, 0.3) is 0 Å². The Balaban J connectivity index is 0.00000612. The van der Waals surface area contributed by atoms with Crippen molar-refractivity contribution in [3.63, 3.8) is 0 Å². The van der Waals surface area contributed by atoms with E-state index in [2.05, 4.69) is 71.0 Å². The van der Waals surface area contributed by atoms with Crippen molar-refractivity contribution in [3.05, 3.63) is 58.7 Å². The van der Waals surface area contributed by atoms with E-state index in [1.54, 1.807) is 0 Å². The van der Waals surface area contributed by atoms with E-state index in [0.717, 1.165) is 74.9 Å². The van der Waals surface area contributed by atoms with Crippen LogP contribution in [0.4, 0.5) is 11.4 Å². The molecule has 2 nitrogen and oxygen atoms in total. The van der Waals surface area contributed by atoms with Crippen molar-refractivity contribution in [3.8, 4) is 0 Å². The van der Waals surface area contributed by atoms with Gasteiger partial charge in [0, 0.05) is 22.7 Å². The quantitative estimate of drug-likeness (QED) is 0.120. The van der Waals surface area contributed by atoms with Gasteiger partial charge in [-0.3, -0.25) is 9.98 Å². The molecule has 0 N–H and O–H groups in total. The first-order valence-electron chi connectivity index (χ1n) is 14.0. The van der Waals surface area contributed by atoms with Crippen LogP contribution >= 0.6 is 0 Å². The Morgan fingerprint density at radius 2 is 1.03 bits per heavy atom. The molecule has 0 unspecified atom stereocenters. The van der Waals surface area contributed by atoms with Crippen molar-refractivity contribution < 1.29 is 16.5 Å². The van der Waals surface area contributed by atoms with Crippen molar-refractivity contribution in [2.24, 2.45) is 9.98 Å². The SMILES string of the molecule is CCCCCCC(/C=N/c1cc(CCC)cc(CCC)c1)=N\c1cc(CCC)cc(CCC)c1.[Ni]. The summed E-state index contributed by atoms with van der Waals surface area (Å²) in [5.74, 6) is 0. The third kappa shape index (κ3) is 12.2. The van der Waals surface area contributed by atoms with Gasteiger partial charge in [0.2, 0.25) is 0 Å². The van der Waals surface area contributed by atoms with Crippen LogP contribution < -0.4 is 0 Å². The van der Waals surface area contributed by atoms with Crippen LogP contribution in [0.2, 0.25) is 0 Å². The van der Waals surface area contributed by atoms with Crippen LogP contribution in [-0.4, -0.2) is 11.9 Å². The summed E-state index contributed by atoms with van der Waals surface area (Å²) in [7, 11) is 0. The van der Waals surface area contributed by atoms with Gasteiger partial charge in [0.1, 0.15) is 0 Å². The molecule has 35 heavy (non-hydrogen) atoms. The molecule has 0 fully saturated rings. The fraction of sp³-hybridized carbons (Fsp3) is 0.562. The Morgan fingerprint density at radius 1 is 0.571 bits per heavy atom. The van der Waals surface area contributed by atoms with Crippen molar-refractivity contribution in [2.75, 3.05) is 0 Å². The van der Waals surface area contributed by atoms with E-state index in [4.69, 9.17) is 9.98 Å². The molecule has 0 radical (unpaired) electrons.